The Kier molecular flexibility index (Phi) is 3.97. The number of carbonyl (C=O) groups is 1. The molecule has 0 aliphatic heterocycles. The van der Waals surface area contributed by atoms with E-state index >= 15 is 0 Å². The molecule has 0 amide bonds. The lowest BCUT2D eigenvalue weighted by Crippen LogP contribution is -2.33. The zero-order valence-corrected chi connectivity index (χ0v) is 9.75. The van der Waals surface area contributed by atoms with Crippen molar-refractivity contribution in [2.45, 2.75) is 53.1 Å². The first-order valence-corrected chi connectivity index (χ1v) is 5.68. The quantitative estimate of drug-likeness (QED) is 0.637. The second-order valence-electron chi connectivity index (χ2n) is 4.94. The molecule has 0 aromatic rings. The van der Waals surface area contributed by atoms with Crippen molar-refractivity contribution in [2.75, 3.05) is 0 Å². The van der Waals surface area contributed by atoms with E-state index in [0.717, 1.165) is 12.3 Å². The Hall–Kier alpha value is -0.530. The van der Waals surface area contributed by atoms with Crippen molar-refractivity contribution in [1.29, 1.82) is 0 Å². The summed E-state index contributed by atoms with van der Waals surface area (Å²) in [5.41, 5.74) is 0. The summed E-state index contributed by atoms with van der Waals surface area (Å²) in [6.45, 7) is 8.20. The van der Waals surface area contributed by atoms with Gasteiger partial charge in [0, 0.05) is 6.92 Å². The van der Waals surface area contributed by atoms with E-state index in [1.807, 2.05) is 0 Å². The number of rotatable bonds is 2. The van der Waals surface area contributed by atoms with Crippen LogP contribution in [0, 0.1) is 17.8 Å². The minimum absolute atomic E-state index is 0.133. The molecule has 2 nitrogen and oxygen atoms in total. The molecule has 0 aromatic carbocycles. The van der Waals surface area contributed by atoms with Crippen molar-refractivity contribution in [3.05, 3.63) is 0 Å². The predicted molar refractivity (Wildman–Crippen MR) is 56.9 cm³/mol. The Morgan fingerprint density at radius 3 is 2.50 bits per heavy atom. The van der Waals surface area contributed by atoms with E-state index in [-0.39, 0.29) is 12.1 Å². The average molecular weight is 198 g/mol. The van der Waals surface area contributed by atoms with Gasteiger partial charge < -0.3 is 4.74 Å². The molecule has 0 radical (unpaired) electrons. The lowest BCUT2D eigenvalue weighted by Gasteiger charge is -2.35. The van der Waals surface area contributed by atoms with Gasteiger partial charge in [-0.25, -0.2) is 0 Å². The van der Waals surface area contributed by atoms with Crippen LogP contribution in [0.4, 0.5) is 0 Å². The highest BCUT2D eigenvalue weighted by Crippen LogP contribution is 2.34. The van der Waals surface area contributed by atoms with Crippen LogP contribution >= 0.6 is 0 Å². The van der Waals surface area contributed by atoms with Crippen molar-refractivity contribution in [1.82, 2.24) is 0 Å². The van der Waals surface area contributed by atoms with Gasteiger partial charge in [-0.1, -0.05) is 20.8 Å². The molecule has 1 saturated carbocycles. The van der Waals surface area contributed by atoms with Gasteiger partial charge in [0.1, 0.15) is 6.10 Å². The van der Waals surface area contributed by atoms with E-state index in [2.05, 4.69) is 20.8 Å². The molecule has 14 heavy (non-hydrogen) atoms. The van der Waals surface area contributed by atoms with E-state index in [0.29, 0.717) is 11.8 Å². The van der Waals surface area contributed by atoms with Crippen LogP contribution < -0.4 is 0 Å². The van der Waals surface area contributed by atoms with Crippen LogP contribution in [0.1, 0.15) is 47.0 Å². The maximum absolute atomic E-state index is 10.9. The van der Waals surface area contributed by atoms with Crippen LogP contribution in [0.25, 0.3) is 0 Å². The van der Waals surface area contributed by atoms with Gasteiger partial charge in [0.05, 0.1) is 0 Å². The van der Waals surface area contributed by atoms with Gasteiger partial charge in [0.25, 0.3) is 0 Å². The lowest BCUT2D eigenvalue weighted by molar-refractivity contribution is -0.151. The number of esters is 1. The van der Waals surface area contributed by atoms with Crippen LogP contribution in [0.15, 0.2) is 0 Å². The summed E-state index contributed by atoms with van der Waals surface area (Å²) in [5.74, 6) is 1.84. The Morgan fingerprint density at radius 1 is 1.36 bits per heavy atom. The van der Waals surface area contributed by atoms with Gasteiger partial charge >= 0.3 is 5.97 Å². The number of hydrogen-bond donors (Lipinski definition) is 0. The van der Waals surface area contributed by atoms with Crippen molar-refractivity contribution in [2.24, 2.45) is 17.8 Å². The summed E-state index contributed by atoms with van der Waals surface area (Å²) in [5, 5.41) is 0. The van der Waals surface area contributed by atoms with Gasteiger partial charge in [0.2, 0.25) is 0 Å². The molecular formula is C12H22O2. The first-order chi connectivity index (χ1) is 6.50. The topological polar surface area (TPSA) is 26.3 Å². The molecule has 82 valence electrons. The first kappa shape index (κ1) is 11.5. The highest BCUT2D eigenvalue weighted by atomic mass is 16.5. The van der Waals surface area contributed by atoms with Gasteiger partial charge in [-0.2, -0.15) is 0 Å². The summed E-state index contributed by atoms with van der Waals surface area (Å²) < 4.78 is 5.34. The van der Waals surface area contributed by atoms with Gasteiger partial charge in [0.15, 0.2) is 0 Å². The van der Waals surface area contributed by atoms with E-state index < -0.39 is 0 Å². The average Bonchev–Trinajstić information content (AvgIpc) is 2.07. The fraction of sp³-hybridized carbons (Fsp3) is 0.917. The van der Waals surface area contributed by atoms with Crippen LogP contribution in [-0.2, 0) is 9.53 Å². The fourth-order valence-electron chi connectivity index (χ4n) is 2.29. The summed E-state index contributed by atoms with van der Waals surface area (Å²) in [7, 11) is 0. The smallest absolute Gasteiger partial charge is 0.302 e. The SMILES string of the molecule is CC(=O)O[C@@H]1C[C@@H](C(C)C)CC[C@H]1C. The molecule has 0 aromatic heterocycles. The molecule has 0 spiro atoms. The largest absolute Gasteiger partial charge is 0.462 e. The highest BCUT2D eigenvalue weighted by molar-refractivity contribution is 5.66. The molecule has 0 bridgehead atoms. The van der Waals surface area contributed by atoms with Crippen LogP contribution in [0.5, 0.6) is 0 Å². The zero-order valence-electron chi connectivity index (χ0n) is 9.75. The molecular weight excluding hydrogens is 176 g/mol. The normalized spacial score (nSPS) is 33.1. The van der Waals surface area contributed by atoms with Gasteiger partial charge in [-0.15, -0.1) is 0 Å². The molecule has 1 aliphatic rings. The van der Waals surface area contributed by atoms with Crippen molar-refractivity contribution in [3.63, 3.8) is 0 Å². The van der Waals surface area contributed by atoms with E-state index in [4.69, 9.17) is 4.74 Å². The Balaban J connectivity index is 2.50. The standard InChI is InChI=1S/C12H22O2/c1-8(2)11-6-5-9(3)12(7-11)14-10(4)13/h8-9,11-12H,5-7H2,1-4H3/t9-,11+,12-/m1/s1. The van der Waals surface area contributed by atoms with Crippen molar-refractivity contribution < 1.29 is 9.53 Å². The third-order valence-electron chi connectivity index (χ3n) is 3.42. The van der Waals surface area contributed by atoms with Crippen molar-refractivity contribution in [3.8, 4) is 0 Å². The molecule has 1 aliphatic carbocycles. The van der Waals surface area contributed by atoms with Gasteiger partial charge in [-0.3, -0.25) is 4.79 Å². The van der Waals surface area contributed by atoms with Crippen molar-refractivity contribution >= 4 is 5.97 Å². The summed E-state index contributed by atoms with van der Waals surface area (Å²) in [6.07, 6.45) is 3.70. The predicted octanol–water partition coefficient (Wildman–Crippen LogP) is 3.01. The van der Waals surface area contributed by atoms with E-state index in [1.54, 1.807) is 0 Å². The van der Waals surface area contributed by atoms with Crippen LogP contribution in [0.2, 0.25) is 0 Å². The molecule has 3 atom stereocenters. The highest BCUT2D eigenvalue weighted by Gasteiger charge is 2.30. The van der Waals surface area contributed by atoms with Gasteiger partial charge in [-0.05, 0) is 37.0 Å². The maximum Gasteiger partial charge on any atom is 0.302 e. The minimum atomic E-state index is -0.133. The monoisotopic (exact) mass is 198 g/mol. The van der Waals surface area contributed by atoms with Crippen LogP contribution in [0.3, 0.4) is 0 Å². The second-order valence-corrected chi connectivity index (χ2v) is 4.94. The lowest BCUT2D eigenvalue weighted by atomic mass is 9.76. The Bertz CT molecular complexity index is 198. The summed E-state index contributed by atoms with van der Waals surface area (Å²) in [6, 6.07) is 0. The number of ether oxygens (including phenoxy) is 1. The molecule has 0 heterocycles. The summed E-state index contributed by atoms with van der Waals surface area (Å²) >= 11 is 0. The minimum Gasteiger partial charge on any atom is -0.462 e. The molecule has 0 saturated heterocycles. The fourth-order valence-corrected chi connectivity index (χ4v) is 2.29. The third-order valence-corrected chi connectivity index (χ3v) is 3.42. The third kappa shape index (κ3) is 3.00. The molecule has 2 heteroatoms. The number of hydrogen-bond acceptors (Lipinski definition) is 2. The summed E-state index contributed by atoms with van der Waals surface area (Å²) in [4.78, 5) is 10.9. The first-order valence-electron chi connectivity index (χ1n) is 5.68. The molecule has 1 rings (SSSR count). The molecule has 0 N–H and O–H groups in total. The zero-order chi connectivity index (χ0) is 10.7. The van der Waals surface area contributed by atoms with E-state index in [9.17, 15) is 4.79 Å². The van der Waals surface area contributed by atoms with E-state index in [1.165, 1.54) is 19.8 Å². The molecule has 0 unspecified atom stereocenters. The molecule has 1 fully saturated rings. The Morgan fingerprint density at radius 2 is 2.00 bits per heavy atom. The Labute approximate surface area is 87.0 Å². The van der Waals surface area contributed by atoms with Crippen LogP contribution in [-0.4, -0.2) is 12.1 Å². The second kappa shape index (κ2) is 4.81. The maximum atomic E-state index is 10.9. The number of carbonyl (C=O) groups excluding carboxylic acids is 1.